The SMILES string of the molecule is Cc1ccc(Cn2nc(C)c(I)c2N)o1. The molecule has 5 heteroatoms. The molecule has 80 valence electrons. The van der Waals surface area contributed by atoms with Gasteiger partial charge in [-0.25, -0.2) is 4.68 Å². The number of nitrogen functional groups attached to an aromatic ring is 1. The number of furan rings is 1. The second-order valence-corrected chi connectivity index (χ2v) is 4.53. The smallest absolute Gasteiger partial charge is 0.136 e. The maximum absolute atomic E-state index is 5.91. The fourth-order valence-electron chi connectivity index (χ4n) is 1.42. The van der Waals surface area contributed by atoms with Crippen molar-refractivity contribution in [2.24, 2.45) is 0 Å². The van der Waals surface area contributed by atoms with Gasteiger partial charge in [0.05, 0.1) is 9.26 Å². The maximum atomic E-state index is 5.91. The van der Waals surface area contributed by atoms with Crippen molar-refractivity contribution in [2.75, 3.05) is 5.73 Å². The topological polar surface area (TPSA) is 57.0 Å². The summed E-state index contributed by atoms with van der Waals surface area (Å²) >= 11 is 2.20. The van der Waals surface area contributed by atoms with Crippen LogP contribution in [0.4, 0.5) is 5.82 Å². The average molecular weight is 317 g/mol. The first-order valence-corrected chi connectivity index (χ1v) is 5.69. The van der Waals surface area contributed by atoms with Crippen LogP contribution in [0.5, 0.6) is 0 Å². The molecule has 15 heavy (non-hydrogen) atoms. The molecule has 0 unspecified atom stereocenters. The van der Waals surface area contributed by atoms with Gasteiger partial charge in [0.1, 0.15) is 23.9 Å². The Morgan fingerprint density at radius 2 is 2.20 bits per heavy atom. The highest BCUT2D eigenvalue weighted by molar-refractivity contribution is 14.1. The molecule has 0 amide bonds. The van der Waals surface area contributed by atoms with Gasteiger partial charge in [0.25, 0.3) is 0 Å². The van der Waals surface area contributed by atoms with Gasteiger partial charge in [0.15, 0.2) is 0 Å². The van der Waals surface area contributed by atoms with Crippen LogP contribution in [0.25, 0.3) is 0 Å². The molecule has 2 rings (SSSR count). The molecule has 2 aromatic heterocycles. The third-order valence-electron chi connectivity index (χ3n) is 2.19. The molecule has 0 radical (unpaired) electrons. The lowest BCUT2D eigenvalue weighted by Gasteiger charge is -2.00. The van der Waals surface area contributed by atoms with Crippen molar-refractivity contribution in [3.8, 4) is 0 Å². The molecule has 0 atom stereocenters. The van der Waals surface area contributed by atoms with Gasteiger partial charge in [0, 0.05) is 0 Å². The van der Waals surface area contributed by atoms with Crippen molar-refractivity contribution >= 4 is 28.4 Å². The normalized spacial score (nSPS) is 10.9. The van der Waals surface area contributed by atoms with Crippen molar-refractivity contribution in [1.82, 2.24) is 9.78 Å². The Labute approximate surface area is 102 Å². The molecule has 0 saturated carbocycles. The fourth-order valence-corrected chi connectivity index (χ4v) is 1.80. The molecule has 2 aromatic rings. The van der Waals surface area contributed by atoms with Crippen LogP contribution in [0.1, 0.15) is 17.2 Å². The Kier molecular flexibility index (Phi) is 2.72. The zero-order chi connectivity index (χ0) is 11.0. The first kappa shape index (κ1) is 10.5. The maximum Gasteiger partial charge on any atom is 0.136 e. The van der Waals surface area contributed by atoms with E-state index in [1.807, 2.05) is 26.0 Å². The average Bonchev–Trinajstić information content (AvgIpc) is 2.68. The summed E-state index contributed by atoms with van der Waals surface area (Å²) in [5.74, 6) is 2.47. The Morgan fingerprint density at radius 1 is 1.47 bits per heavy atom. The van der Waals surface area contributed by atoms with Crippen LogP contribution in [0.3, 0.4) is 0 Å². The second-order valence-electron chi connectivity index (χ2n) is 3.45. The van der Waals surface area contributed by atoms with Crippen molar-refractivity contribution in [3.05, 3.63) is 32.9 Å². The van der Waals surface area contributed by atoms with Crippen LogP contribution in [-0.2, 0) is 6.54 Å². The summed E-state index contributed by atoms with van der Waals surface area (Å²) in [4.78, 5) is 0. The third-order valence-corrected chi connectivity index (χ3v) is 3.53. The van der Waals surface area contributed by atoms with Gasteiger partial charge >= 0.3 is 0 Å². The number of nitrogens with zero attached hydrogens (tertiary/aromatic N) is 2. The third kappa shape index (κ3) is 2.01. The van der Waals surface area contributed by atoms with Gasteiger partial charge in [-0.05, 0) is 48.6 Å². The van der Waals surface area contributed by atoms with E-state index in [1.54, 1.807) is 4.68 Å². The van der Waals surface area contributed by atoms with Crippen LogP contribution in [0, 0.1) is 17.4 Å². The summed E-state index contributed by atoms with van der Waals surface area (Å²) in [6, 6.07) is 3.88. The molecule has 0 saturated heterocycles. The number of hydrogen-bond acceptors (Lipinski definition) is 3. The van der Waals surface area contributed by atoms with Gasteiger partial charge < -0.3 is 10.2 Å². The lowest BCUT2D eigenvalue weighted by Crippen LogP contribution is -2.05. The Balaban J connectivity index is 2.28. The summed E-state index contributed by atoms with van der Waals surface area (Å²) < 4.78 is 8.24. The van der Waals surface area contributed by atoms with Crippen molar-refractivity contribution < 1.29 is 4.42 Å². The van der Waals surface area contributed by atoms with E-state index in [4.69, 9.17) is 10.2 Å². The van der Waals surface area contributed by atoms with Gasteiger partial charge in [0.2, 0.25) is 0 Å². The zero-order valence-electron chi connectivity index (χ0n) is 8.62. The van der Waals surface area contributed by atoms with Crippen LogP contribution in [-0.4, -0.2) is 9.78 Å². The minimum atomic E-state index is 0.587. The van der Waals surface area contributed by atoms with Crippen LogP contribution < -0.4 is 5.73 Å². The lowest BCUT2D eigenvalue weighted by atomic mass is 10.4. The number of hydrogen-bond donors (Lipinski definition) is 1. The molecule has 2 heterocycles. The molecule has 4 nitrogen and oxygen atoms in total. The predicted molar refractivity (Wildman–Crippen MR) is 66.6 cm³/mol. The monoisotopic (exact) mass is 317 g/mol. The van der Waals surface area contributed by atoms with Gasteiger partial charge in [-0.15, -0.1) is 0 Å². The minimum Gasteiger partial charge on any atom is -0.464 e. The van der Waals surface area contributed by atoms with E-state index in [9.17, 15) is 0 Å². The van der Waals surface area contributed by atoms with Crippen molar-refractivity contribution in [2.45, 2.75) is 20.4 Å². The van der Waals surface area contributed by atoms with Crippen molar-refractivity contribution in [1.29, 1.82) is 0 Å². The highest BCUT2D eigenvalue weighted by atomic mass is 127. The summed E-state index contributed by atoms with van der Waals surface area (Å²) in [6.45, 7) is 4.45. The summed E-state index contributed by atoms with van der Waals surface area (Å²) in [7, 11) is 0. The molecule has 2 N–H and O–H groups in total. The number of halogens is 1. The molecular weight excluding hydrogens is 305 g/mol. The highest BCUT2D eigenvalue weighted by Gasteiger charge is 2.10. The largest absolute Gasteiger partial charge is 0.464 e. The fraction of sp³-hybridized carbons (Fsp3) is 0.300. The van der Waals surface area contributed by atoms with E-state index < -0.39 is 0 Å². The first-order valence-electron chi connectivity index (χ1n) is 4.61. The molecule has 0 bridgehead atoms. The van der Waals surface area contributed by atoms with Gasteiger partial charge in [-0.3, -0.25) is 0 Å². The van der Waals surface area contributed by atoms with E-state index in [1.165, 1.54) is 0 Å². The van der Waals surface area contributed by atoms with Crippen LogP contribution in [0.15, 0.2) is 16.5 Å². The van der Waals surface area contributed by atoms with E-state index in [0.29, 0.717) is 12.4 Å². The lowest BCUT2D eigenvalue weighted by molar-refractivity contribution is 0.460. The molecular formula is C10H12IN3O. The Hall–Kier alpha value is -0.980. The second kappa shape index (κ2) is 3.88. The number of aromatic nitrogens is 2. The van der Waals surface area contributed by atoms with E-state index in [0.717, 1.165) is 20.8 Å². The quantitative estimate of drug-likeness (QED) is 0.865. The van der Waals surface area contributed by atoms with Gasteiger partial charge in [-0.1, -0.05) is 0 Å². The Morgan fingerprint density at radius 3 is 2.67 bits per heavy atom. The molecule has 0 aliphatic heterocycles. The molecule has 0 aliphatic rings. The molecule has 0 fully saturated rings. The van der Waals surface area contributed by atoms with Crippen LogP contribution >= 0.6 is 22.6 Å². The van der Waals surface area contributed by atoms with Gasteiger partial charge in [-0.2, -0.15) is 5.10 Å². The molecule has 0 spiro atoms. The minimum absolute atomic E-state index is 0.587. The number of anilines is 1. The summed E-state index contributed by atoms with van der Waals surface area (Å²) in [5.41, 5.74) is 6.86. The number of rotatable bonds is 2. The molecule has 0 aromatic carbocycles. The summed E-state index contributed by atoms with van der Waals surface area (Å²) in [5, 5.41) is 4.34. The molecule has 0 aliphatic carbocycles. The first-order chi connectivity index (χ1) is 7.08. The standard InChI is InChI=1S/C10H12IN3O/c1-6-3-4-8(15-6)5-14-10(12)9(11)7(2)13-14/h3-4H,5,12H2,1-2H3. The highest BCUT2D eigenvalue weighted by Crippen LogP contribution is 2.19. The zero-order valence-corrected chi connectivity index (χ0v) is 10.8. The van der Waals surface area contributed by atoms with E-state index in [-0.39, 0.29) is 0 Å². The van der Waals surface area contributed by atoms with Crippen molar-refractivity contribution in [3.63, 3.8) is 0 Å². The number of nitrogens with two attached hydrogens (primary N) is 1. The van der Waals surface area contributed by atoms with E-state index >= 15 is 0 Å². The predicted octanol–water partition coefficient (Wildman–Crippen LogP) is 2.33. The van der Waals surface area contributed by atoms with E-state index in [2.05, 4.69) is 27.7 Å². The number of aryl methyl sites for hydroxylation is 2. The summed E-state index contributed by atoms with van der Waals surface area (Å²) in [6.07, 6.45) is 0. The van der Waals surface area contributed by atoms with Crippen LogP contribution in [0.2, 0.25) is 0 Å². The Bertz CT molecular complexity index is 487.